The van der Waals surface area contributed by atoms with Crippen LogP contribution in [0.5, 0.6) is 0 Å². The van der Waals surface area contributed by atoms with Gasteiger partial charge in [0.15, 0.2) is 16.6 Å². The van der Waals surface area contributed by atoms with Crippen molar-refractivity contribution in [1.29, 1.82) is 0 Å². The molecule has 0 saturated carbocycles. The van der Waals surface area contributed by atoms with Crippen LogP contribution in [0.3, 0.4) is 0 Å². The first-order valence-corrected chi connectivity index (χ1v) is 5.57. The van der Waals surface area contributed by atoms with Gasteiger partial charge in [0.1, 0.15) is 11.8 Å². The lowest BCUT2D eigenvalue weighted by Gasteiger charge is -2.03. The maximum atomic E-state index is 9.18. The number of hydrogen-bond acceptors (Lipinski definition) is 7. The minimum Gasteiger partial charge on any atom is -0.394 e. The topological polar surface area (TPSA) is 121 Å². The zero-order valence-electron chi connectivity index (χ0n) is 8.29. The minimum absolute atomic E-state index is 0.269. The van der Waals surface area contributed by atoms with Gasteiger partial charge in [-0.3, -0.25) is 0 Å². The lowest BCUT2D eigenvalue weighted by molar-refractivity contribution is 0.113. The molecule has 0 unspecified atom stereocenters. The molecule has 0 amide bonds. The van der Waals surface area contributed by atoms with Crippen molar-refractivity contribution in [2.24, 2.45) is 0 Å². The number of aromatic amines is 1. The van der Waals surface area contributed by atoms with Crippen LogP contribution in [-0.4, -0.2) is 48.6 Å². The van der Waals surface area contributed by atoms with E-state index in [4.69, 9.17) is 10.8 Å². The second-order valence-corrected chi connectivity index (χ2v) is 4.16. The molecule has 2 heterocycles. The summed E-state index contributed by atoms with van der Waals surface area (Å²) >= 11 is 1.29. The SMILES string of the molecule is Nc1ncnc2nc(SC[C@H](O)CO)[nH]c12. The molecular weight excluding hydrogens is 230 g/mol. The first-order chi connectivity index (χ1) is 7.70. The van der Waals surface area contributed by atoms with Gasteiger partial charge in [-0.25, -0.2) is 15.0 Å². The number of nitrogen functional groups attached to an aromatic ring is 1. The van der Waals surface area contributed by atoms with Gasteiger partial charge in [-0.1, -0.05) is 11.8 Å². The number of nitrogens with two attached hydrogens (primary N) is 1. The summed E-state index contributed by atoms with van der Waals surface area (Å²) in [6.45, 7) is -0.269. The molecule has 2 rings (SSSR count). The third-order valence-electron chi connectivity index (χ3n) is 1.92. The summed E-state index contributed by atoms with van der Waals surface area (Å²) in [6.07, 6.45) is 0.580. The number of hydrogen-bond donors (Lipinski definition) is 4. The standard InChI is InChI=1S/C8H11N5O2S/c9-6-5-7(11-3-10-6)13-8(12-5)16-2-4(15)1-14/h3-4,14-15H,1-2H2,(H3,9,10,11,12,13)/t4-/m1/s1. The number of rotatable bonds is 4. The molecular formula is C8H11N5O2S. The van der Waals surface area contributed by atoms with Gasteiger partial charge in [0.25, 0.3) is 0 Å². The number of aromatic nitrogens is 4. The average molecular weight is 241 g/mol. The van der Waals surface area contributed by atoms with Crippen LogP contribution in [-0.2, 0) is 0 Å². The van der Waals surface area contributed by atoms with E-state index in [1.54, 1.807) is 0 Å². The van der Waals surface area contributed by atoms with Crippen molar-refractivity contribution >= 4 is 28.7 Å². The Hall–Kier alpha value is -1.38. The molecule has 0 aliphatic heterocycles. The molecule has 7 nitrogen and oxygen atoms in total. The Morgan fingerprint density at radius 1 is 1.50 bits per heavy atom. The molecule has 1 atom stereocenters. The van der Waals surface area contributed by atoms with Crippen molar-refractivity contribution in [3.8, 4) is 0 Å². The maximum absolute atomic E-state index is 9.18. The van der Waals surface area contributed by atoms with E-state index in [2.05, 4.69) is 19.9 Å². The van der Waals surface area contributed by atoms with E-state index in [1.165, 1.54) is 18.1 Å². The molecule has 0 fully saturated rings. The molecule has 5 N–H and O–H groups in total. The largest absolute Gasteiger partial charge is 0.394 e. The van der Waals surface area contributed by atoms with E-state index in [1.807, 2.05) is 0 Å². The molecule has 16 heavy (non-hydrogen) atoms. The first kappa shape index (κ1) is 11.1. The van der Waals surface area contributed by atoms with E-state index < -0.39 is 6.10 Å². The Morgan fingerprint density at radius 3 is 3.00 bits per heavy atom. The Morgan fingerprint density at radius 2 is 2.31 bits per heavy atom. The summed E-state index contributed by atoms with van der Waals surface area (Å²) < 4.78 is 0. The lowest BCUT2D eigenvalue weighted by atomic mass is 10.4. The number of H-pyrrole nitrogens is 1. The van der Waals surface area contributed by atoms with Gasteiger partial charge in [-0.05, 0) is 0 Å². The number of anilines is 1. The summed E-state index contributed by atoms with van der Waals surface area (Å²) in [7, 11) is 0. The van der Waals surface area contributed by atoms with Crippen LogP contribution in [0.4, 0.5) is 5.82 Å². The monoisotopic (exact) mass is 241 g/mol. The third-order valence-corrected chi connectivity index (χ3v) is 2.94. The number of fused-ring (bicyclic) bond motifs is 1. The van der Waals surface area contributed by atoms with Crippen LogP contribution in [0.1, 0.15) is 0 Å². The number of thioether (sulfide) groups is 1. The van der Waals surface area contributed by atoms with Crippen LogP contribution in [0.25, 0.3) is 11.2 Å². The number of imidazole rings is 1. The van der Waals surface area contributed by atoms with E-state index in [9.17, 15) is 5.11 Å². The van der Waals surface area contributed by atoms with Gasteiger partial charge >= 0.3 is 0 Å². The predicted molar refractivity (Wildman–Crippen MR) is 59.9 cm³/mol. The highest BCUT2D eigenvalue weighted by atomic mass is 32.2. The van der Waals surface area contributed by atoms with E-state index in [0.29, 0.717) is 27.9 Å². The second kappa shape index (κ2) is 4.64. The smallest absolute Gasteiger partial charge is 0.183 e. The van der Waals surface area contributed by atoms with E-state index in [0.717, 1.165) is 0 Å². The molecule has 0 spiro atoms. The number of nitrogens with zero attached hydrogens (tertiary/aromatic N) is 3. The molecule has 0 aliphatic carbocycles. The molecule has 0 aromatic carbocycles. The molecule has 2 aromatic rings. The fraction of sp³-hybridized carbons (Fsp3) is 0.375. The van der Waals surface area contributed by atoms with Crippen molar-refractivity contribution in [1.82, 2.24) is 19.9 Å². The highest BCUT2D eigenvalue weighted by Gasteiger charge is 2.09. The molecule has 8 heteroatoms. The number of aliphatic hydroxyl groups excluding tert-OH is 2. The Bertz CT molecular complexity index is 488. The highest BCUT2D eigenvalue weighted by molar-refractivity contribution is 7.99. The summed E-state index contributed by atoms with van der Waals surface area (Å²) in [6, 6.07) is 0. The zero-order valence-corrected chi connectivity index (χ0v) is 9.11. The third kappa shape index (κ3) is 2.23. The van der Waals surface area contributed by atoms with Crippen LogP contribution in [0.2, 0.25) is 0 Å². The van der Waals surface area contributed by atoms with Gasteiger partial charge in [0.05, 0.1) is 12.7 Å². The fourth-order valence-electron chi connectivity index (χ4n) is 1.12. The van der Waals surface area contributed by atoms with Crippen molar-refractivity contribution in [2.75, 3.05) is 18.1 Å². The molecule has 86 valence electrons. The van der Waals surface area contributed by atoms with Gasteiger partial charge in [0, 0.05) is 5.75 Å². The Labute approximate surface area is 95.1 Å². The summed E-state index contributed by atoms with van der Waals surface area (Å²) in [4.78, 5) is 14.9. The lowest BCUT2D eigenvalue weighted by Crippen LogP contribution is -2.14. The summed E-state index contributed by atoms with van der Waals surface area (Å²) in [5, 5.41) is 18.4. The number of nitrogens with one attached hydrogen (secondary N) is 1. The summed E-state index contributed by atoms with van der Waals surface area (Å²) in [5.41, 5.74) is 6.71. The van der Waals surface area contributed by atoms with Crippen molar-refractivity contribution in [3.63, 3.8) is 0 Å². The van der Waals surface area contributed by atoms with Crippen molar-refractivity contribution < 1.29 is 10.2 Å². The minimum atomic E-state index is -0.762. The average Bonchev–Trinajstić information content (AvgIpc) is 2.70. The molecule has 0 aliphatic rings. The molecule has 2 aromatic heterocycles. The van der Waals surface area contributed by atoms with E-state index >= 15 is 0 Å². The molecule has 0 bridgehead atoms. The van der Waals surface area contributed by atoms with Gasteiger partial charge < -0.3 is 20.9 Å². The van der Waals surface area contributed by atoms with Gasteiger partial charge in [-0.15, -0.1) is 0 Å². The van der Waals surface area contributed by atoms with Crippen molar-refractivity contribution in [2.45, 2.75) is 11.3 Å². The van der Waals surface area contributed by atoms with Crippen LogP contribution < -0.4 is 5.73 Å². The number of aliphatic hydroxyl groups is 2. The van der Waals surface area contributed by atoms with Gasteiger partial charge in [0.2, 0.25) is 0 Å². The zero-order chi connectivity index (χ0) is 11.5. The Balaban J connectivity index is 2.17. The second-order valence-electron chi connectivity index (χ2n) is 3.15. The fourth-order valence-corrected chi connectivity index (χ4v) is 1.90. The molecule has 0 saturated heterocycles. The van der Waals surface area contributed by atoms with Crippen molar-refractivity contribution in [3.05, 3.63) is 6.33 Å². The summed E-state index contributed by atoms with van der Waals surface area (Å²) in [5.74, 6) is 0.691. The molecule has 0 radical (unpaired) electrons. The Kier molecular flexibility index (Phi) is 3.22. The normalized spacial score (nSPS) is 13.1. The van der Waals surface area contributed by atoms with Crippen LogP contribution in [0, 0.1) is 0 Å². The van der Waals surface area contributed by atoms with E-state index in [-0.39, 0.29) is 6.61 Å². The van der Waals surface area contributed by atoms with Crippen LogP contribution >= 0.6 is 11.8 Å². The maximum Gasteiger partial charge on any atom is 0.183 e. The highest BCUT2D eigenvalue weighted by Crippen LogP contribution is 2.20. The first-order valence-electron chi connectivity index (χ1n) is 4.58. The quantitative estimate of drug-likeness (QED) is 0.526. The van der Waals surface area contributed by atoms with Crippen LogP contribution in [0.15, 0.2) is 11.5 Å². The predicted octanol–water partition coefficient (Wildman–Crippen LogP) is -0.620. The van der Waals surface area contributed by atoms with Gasteiger partial charge in [-0.2, -0.15) is 0 Å².